The second kappa shape index (κ2) is 4.53. The molecule has 2 heterocycles. The van der Waals surface area contributed by atoms with Crippen LogP contribution in [-0.4, -0.2) is 17.7 Å². The molecule has 3 nitrogen and oxygen atoms in total. The minimum Gasteiger partial charge on any atom is -0.378 e. The van der Waals surface area contributed by atoms with Gasteiger partial charge in [-0.25, -0.2) is 0 Å². The van der Waals surface area contributed by atoms with Gasteiger partial charge in [-0.15, -0.1) is 0 Å². The third kappa shape index (κ3) is 2.30. The van der Waals surface area contributed by atoms with Crippen molar-refractivity contribution in [2.24, 2.45) is 5.73 Å². The second-order valence-electron chi connectivity index (χ2n) is 3.73. The van der Waals surface area contributed by atoms with Crippen molar-refractivity contribution in [3.05, 3.63) is 30.1 Å². The van der Waals surface area contributed by atoms with Crippen molar-refractivity contribution in [3.63, 3.8) is 0 Å². The van der Waals surface area contributed by atoms with Crippen molar-refractivity contribution in [2.45, 2.75) is 31.4 Å². The SMILES string of the molecule is NC(CC1CCCO1)c1ccccn1. The lowest BCUT2D eigenvalue weighted by molar-refractivity contribution is 0.0980. The molecule has 0 spiro atoms. The van der Waals surface area contributed by atoms with Crippen molar-refractivity contribution in [3.8, 4) is 0 Å². The number of aromatic nitrogens is 1. The summed E-state index contributed by atoms with van der Waals surface area (Å²) in [5.41, 5.74) is 6.99. The van der Waals surface area contributed by atoms with Gasteiger partial charge in [0.1, 0.15) is 0 Å². The summed E-state index contributed by atoms with van der Waals surface area (Å²) in [5, 5.41) is 0. The summed E-state index contributed by atoms with van der Waals surface area (Å²) in [6.45, 7) is 0.888. The smallest absolute Gasteiger partial charge is 0.0594 e. The Morgan fingerprint density at radius 3 is 3.14 bits per heavy atom. The van der Waals surface area contributed by atoms with Crippen LogP contribution in [0.25, 0.3) is 0 Å². The maximum Gasteiger partial charge on any atom is 0.0594 e. The Balaban J connectivity index is 1.92. The Bertz CT molecular complexity index is 270. The molecule has 0 aliphatic carbocycles. The highest BCUT2D eigenvalue weighted by Gasteiger charge is 2.19. The van der Waals surface area contributed by atoms with E-state index in [0.29, 0.717) is 6.10 Å². The first-order chi connectivity index (χ1) is 6.86. The highest BCUT2D eigenvalue weighted by molar-refractivity contribution is 5.08. The average molecular weight is 192 g/mol. The normalized spacial score (nSPS) is 23.6. The first-order valence-corrected chi connectivity index (χ1v) is 5.14. The first-order valence-electron chi connectivity index (χ1n) is 5.14. The van der Waals surface area contributed by atoms with Gasteiger partial charge in [-0.3, -0.25) is 4.98 Å². The second-order valence-corrected chi connectivity index (χ2v) is 3.73. The maximum absolute atomic E-state index is 6.03. The third-order valence-electron chi connectivity index (χ3n) is 2.61. The van der Waals surface area contributed by atoms with Gasteiger partial charge >= 0.3 is 0 Å². The molecule has 0 saturated carbocycles. The van der Waals surface area contributed by atoms with Crippen molar-refractivity contribution in [2.75, 3.05) is 6.61 Å². The van der Waals surface area contributed by atoms with Gasteiger partial charge in [-0.05, 0) is 31.4 Å². The summed E-state index contributed by atoms with van der Waals surface area (Å²) >= 11 is 0. The highest BCUT2D eigenvalue weighted by Crippen LogP contribution is 2.21. The lowest BCUT2D eigenvalue weighted by atomic mass is 10.0. The maximum atomic E-state index is 6.03. The summed E-state index contributed by atoms with van der Waals surface area (Å²) in [4.78, 5) is 4.24. The number of nitrogens with zero attached hydrogens (tertiary/aromatic N) is 1. The summed E-state index contributed by atoms with van der Waals surface area (Å²) in [6, 6.07) is 5.86. The van der Waals surface area contributed by atoms with Gasteiger partial charge in [0, 0.05) is 18.8 Å². The van der Waals surface area contributed by atoms with Crippen LogP contribution in [0.15, 0.2) is 24.4 Å². The van der Waals surface area contributed by atoms with E-state index in [-0.39, 0.29) is 6.04 Å². The van der Waals surface area contributed by atoms with Gasteiger partial charge in [0.25, 0.3) is 0 Å². The van der Waals surface area contributed by atoms with E-state index in [1.54, 1.807) is 6.20 Å². The van der Waals surface area contributed by atoms with Crippen molar-refractivity contribution < 1.29 is 4.74 Å². The predicted octanol–water partition coefficient (Wildman–Crippen LogP) is 1.65. The van der Waals surface area contributed by atoms with Crippen molar-refractivity contribution >= 4 is 0 Å². The lowest BCUT2D eigenvalue weighted by Gasteiger charge is -2.15. The Kier molecular flexibility index (Phi) is 3.11. The number of hydrogen-bond donors (Lipinski definition) is 1. The molecule has 1 fully saturated rings. The fraction of sp³-hybridized carbons (Fsp3) is 0.545. The van der Waals surface area contributed by atoms with Crippen LogP contribution in [0.2, 0.25) is 0 Å². The van der Waals surface area contributed by atoms with Crippen LogP contribution in [0.3, 0.4) is 0 Å². The van der Waals surface area contributed by atoms with E-state index in [9.17, 15) is 0 Å². The zero-order valence-electron chi connectivity index (χ0n) is 8.23. The fourth-order valence-corrected chi connectivity index (χ4v) is 1.83. The van der Waals surface area contributed by atoms with Crippen LogP contribution in [-0.2, 0) is 4.74 Å². The molecule has 0 amide bonds. The zero-order valence-corrected chi connectivity index (χ0v) is 8.23. The highest BCUT2D eigenvalue weighted by atomic mass is 16.5. The minimum absolute atomic E-state index is 0.0132. The molecule has 1 saturated heterocycles. The van der Waals surface area contributed by atoms with Crippen LogP contribution in [0.5, 0.6) is 0 Å². The standard InChI is InChI=1S/C11H16N2O/c12-10(8-9-4-3-7-14-9)11-5-1-2-6-13-11/h1-2,5-6,9-10H,3-4,7-8,12H2. The molecule has 0 radical (unpaired) electrons. The molecular weight excluding hydrogens is 176 g/mol. The van der Waals surface area contributed by atoms with Crippen LogP contribution in [0, 0.1) is 0 Å². The Hall–Kier alpha value is -0.930. The number of rotatable bonds is 3. The zero-order chi connectivity index (χ0) is 9.80. The average Bonchev–Trinajstić information content (AvgIpc) is 2.72. The molecule has 0 bridgehead atoms. The van der Waals surface area contributed by atoms with E-state index in [1.165, 1.54) is 6.42 Å². The minimum atomic E-state index is 0.0132. The molecule has 0 aromatic carbocycles. The molecule has 2 rings (SSSR count). The quantitative estimate of drug-likeness (QED) is 0.792. The van der Waals surface area contributed by atoms with E-state index >= 15 is 0 Å². The largest absolute Gasteiger partial charge is 0.378 e. The van der Waals surface area contributed by atoms with Crippen LogP contribution < -0.4 is 5.73 Å². The van der Waals surface area contributed by atoms with Gasteiger partial charge in [-0.2, -0.15) is 0 Å². The predicted molar refractivity (Wildman–Crippen MR) is 54.8 cm³/mol. The van der Waals surface area contributed by atoms with Gasteiger partial charge in [0.2, 0.25) is 0 Å². The molecule has 1 aromatic heterocycles. The van der Waals surface area contributed by atoms with Gasteiger partial charge in [-0.1, -0.05) is 6.07 Å². The summed E-state index contributed by atoms with van der Waals surface area (Å²) < 4.78 is 5.54. The van der Waals surface area contributed by atoms with E-state index in [1.807, 2.05) is 18.2 Å². The monoisotopic (exact) mass is 192 g/mol. The molecule has 2 atom stereocenters. The lowest BCUT2D eigenvalue weighted by Crippen LogP contribution is -2.19. The number of hydrogen-bond acceptors (Lipinski definition) is 3. The first kappa shape index (κ1) is 9.62. The van der Waals surface area contributed by atoms with E-state index < -0.39 is 0 Å². The Labute approximate surface area is 84.3 Å². The number of ether oxygens (including phenoxy) is 1. The molecule has 2 N–H and O–H groups in total. The van der Waals surface area contributed by atoms with Crippen molar-refractivity contribution in [1.82, 2.24) is 4.98 Å². The Morgan fingerprint density at radius 1 is 1.57 bits per heavy atom. The molecule has 14 heavy (non-hydrogen) atoms. The van der Waals surface area contributed by atoms with E-state index in [0.717, 1.165) is 25.1 Å². The molecule has 1 aliphatic heterocycles. The Morgan fingerprint density at radius 2 is 2.50 bits per heavy atom. The molecule has 1 aromatic rings. The van der Waals surface area contributed by atoms with Crippen molar-refractivity contribution in [1.29, 1.82) is 0 Å². The molecule has 76 valence electrons. The number of nitrogens with two attached hydrogens (primary N) is 1. The van der Waals surface area contributed by atoms with E-state index in [2.05, 4.69) is 4.98 Å². The van der Waals surface area contributed by atoms with Crippen LogP contribution in [0.1, 0.15) is 31.0 Å². The molecule has 1 aliphatic rings. The molecular formula is C11H16N2O. The summed E-state index contributed by atoms with van der Waals surface area (Å²) in [6.07, 6.45) is 5.31. The van der Waals surface area contributed by atoms with Gasteiger partial charge < -0.3 is 10.5 Å². The van der Waals surface area contributed by atoms with Gasteiger partial charge in [0.15, 0.2) is 0 Å². The van der Waals surface area contributed by atoms with E-state index in [4.69, 9.17) is 10.5 Å². The number of pyridine rings is 1. The van der Waals surface area contributed by atoms with Gasteiger partial charge in [0.05, 0.1) is 11.8 Å². The molecule has 2 unspecified atom stereocenters. The molecule has 3 heteroatoms. The van der Waals surface area contributed by atoms with Crippen LogP contribution >= 0.6 is 0 Å². The summed E-state index contributed by atoms with van der Waals surface area (Å²) in [7, 11) is 0. The summed E-state index contributed by atoms with van der Waals surface area (Å²) in [5.74, 6) is 0. The van der Waals surface area contributed by atoms with Crippen LogP contribution in [0.4, 0.5) is 0 Å². The fourth-order valence-electron chi connectivity index (χ4n) is 1.83. The topological polar surface area (TPSA) is 48.1 Å². The third-order valence-corrected chi connectivity index (χ3v) is 2.61.